The van der Waals surface area contributed by atoms with Crippen LogP contribution in [0.5, 0.6) is 0 Å². The van der Waals surface area contributed by atoms with E-state index in [2.05, 4.69) is 5.10 Å². The lowest BCUT2D eigenvalue weighted by molar-refractivity contribution is 0.0706. The number of hydrogen-bond acceptors (Lipinski definition) is 3. The van der Waals surface area contributed by atoms with Crippen LogP contribution < -0.4 is 5.73 Å². The average Bonchev–Trinajstić information content (AvgIpc) is 3.16. The molecule has 1 fully saturated rings. The van der Waals surface area contributed by atoms with E-state index in [9.17, 15) is 4.79 Å². The van der Waals surface area contributed by atoms with Crippen molar-refractivity contribution < 1.29 is 4.79 Å². The van der Waals surface area contributed by atoms with Gasteiger partial charge in [0.15, 0.2) is 0 Å². The molecule has 19 heavy (non-hydrogen) atoms. The minimum atomic E-state index is 0.0383. The first-order valence-electron chi connectivity index (χ1n) is 7.16. The lowest BCUT2D eigenvalue weighted by atomic mass is 10.1. The number of nitrogens with zero attached hydrogens (tertiary/aromatic N) is 3. The molecule has 1 amide bonds. The predicted octanol–water partition coefficient (Wildman–Crippen LogP) is 1.27. The molecule has 1 atom stereocenters. The largest absolute Gasteiger partial charge is 0.336 e. The Bertz CT molecular complexity index is 450. The van der Waals surface area contributed by atoms with Crippen LogP contribution in [0.4, 0.5) is 0 Å². The predicted molar refractivity (Wildman–Crippen MR) is 74.9 cm³/mol. The highest BCUT2D eigenvalue weighted by molar-refractivity contribution is 5.92. The molecule has 1 aliphatic rings. The van der Waals surface area contributed by atoms with Gasteiger partial charge in [0, 0.05) is 26.2 Å². The second kappa shape index (κ2) is 5.74. The van der Waals surface area contributed by atoms with Crippen LogP contribution in [0.15, 0.2) is 6.07 Å². The van der Waals surface area contributed by atoms with E-state index in [0.717, 1.165) is 12.1 Å². The van der Waals surface area contributed by atoms with Crippen LogP contribution in [-0.2, 0) is 13.0 Å². The molecule has 5 heteroatoms. The zero-order chi connectivity index (χ0) is 14.0. The molecule has 1 aliphatic carbocycles. The van der Waals surface area contributed by atoms with E-state index in [0.29, 0.717) is 24.7 Å². The SMILES string of the molecule is CCc1cc(C(=O)N(C)C(CN)C2CC2)n(CC)n1. The van der Waals surface area contributed by atoms with Crippen LogP contribution in [0.2, 0.25) is 0 Å². The van der Waals surface area contributed by atoms with Gasteiger partial charge in [-0.15, -0.1) is 0 Å². The summed E-state index contributed by atoms with van der Waals surface area (Å²) in [5, 5.41) is 4.43. The van der Waals surface area contributed by atoms with Gasteiger partial charge < -0.3 is 10.6 Å². The molecular formula is C14H24N4O. The molecule has 0 saturated heterocycles. The van der Waals surface area contributed by atoms with Gasteiger partial charge in [-0.2, -0.15) is 5.10 Å². The second-order valence-electron chi connectivity index (χ2n) is 5.25. The molecule has 2 N–H and O–H groups in total. The maximum atomic E-state index is 12.6. The number of amides is 1. The molecule has 1 unspecified atom stereocenters. The number of rotatable bonds is 6. The summed E-state index contributed by atoms with van der Waals surface area (Å²) in [5.41, 5.74) is 7.46. The van der Waals surface area contributed by atoms with Gasteiger partial charge in [-0.3, -0.25) is 9.48 Å². The zero-order valence-corrected chi connectivity index (χ0v) is 12.1. The Kier molecular flexibility index (Phi) is 4.24. The Morgan fingerprint density at radius 1 is 1.58 bits per heavy atom. The summed E-state index contributed by atoms with van der Waals surface area (Å²) in [4.78, 5) is 14.4. The average molecular weight is 264 g/mol. The maximum Gasteiger partial charge on any atom is 0.272 e. The molecule has 5 nitrogen and oxygen atoms in total. The molecule has 1 saturated carbocycles. The molecule has 106 valence electrons. The fourth-order valence-electron chi connectivity index (χ4n) is 2.54. The molecule has 1 aromatic heterocycles. The summed E-state index contributed by atoms with van der Waals surface area (Å²) in [6.45, 7) is 5.30. The van der Waals surface area contributed by atoms with Crippen molar-refractivity contribution in [2.45, 2.75) is 45.7 Å². The molecule has 1 heterocycles. The van der Waals surface area contributed by atoms with Gasteiger partial charge in [0.1, 0.15) is 5.69 Å². The van der Waals surface area contributed by atoms with E-state index in [-0.39, 0.29) is 11.9 Å². The van der Waals surface area contributed by atoms with E-state index in [1.54, 1.807) is 9.58 Å². The fraction of sp³-hybridized carbons (Fsp3) is 0.714. The van der Waals surface area contributed by atoms with Crippen molar-refractivity contribution >= 4 is 5.91 Å². The summed E-state index contributed by atoms with van der Waals surface area (Å²) in [6.07, 6.45) is 3.22. The number of carbonyl (C=O) groups is 1. The molecule has 0 aromatic carbocycles. The molecule has 0 bridgehead atoms. The Labute approximate surface area is 114 Å². The second-order valence-corrected chi connectivity index (χ2v) is 5.25. The van der Waals surface area contributed by atoms with Crippen LogP contribution in [0.1, 0.15) is 42.9 Å². The summed E-state index contributed by atoms with van der Waals surface area (Å²) in [5.74, 6) is 0.624. The van der Waals surface area contributed by atoms with Crippen molar-refractivity contribution in [3.63, 3.8) is 0 Å². The van der Waals surface area contributed by atoms with Gasteiger partial charge >= 0.3 is 0 Å². The third-order valence-corrected chi connectivity index (χ3v) is 3.94. The van der Waals surface area contributed by atoms with Gasteiger partial charge in [0.05, 0.1) is 5.69 Å². The standard InChI is InChI=1S/C14H24N4O/c1-4-11-8-12(18(5-2)16-11)14(19)17(3)13(9-15)10-6-7-10/h8,10,13H,4-7,9,15H2,1-3H3. The van der Waals surface area contributed by atoms with Crippen molar-refractivity contribution in [3.8, 4) is 0 Å². The van der Waals surface area contributed by atoms with E-state index >= 15 is 0 Å². The summed E-state index contributed by atoms with van der Waals surface area (Å²) in [7, 11) is 1.86. The van der Waals surface area contributed by atoms with Crippen LogP contribution in [0, 0.1) is 5.92 Å². The van der Waals surface area contributed by atoms with E-state index in [1.807, 2.05) is 27.0 Å². The Balaban J connectivity index is 2.19. The molecule has 2 rings (SSSR count). The van der Waals surface area contributed by atoms with Crippen LogP contribution >= 0.6 is 0 Å². The van der Waals surface area contributed by atoms with Crippen LogP contribution in [0.3, 0.4) is 0 Å². The van der Waals surface area contributed by atoms with Crippen molar-refractivity contribution in [2.24, 2.45) is 11.7 Å². The number of carbonyl (C=O) groups excluding carboxylic acids is 1. The van der Waals surface area contributed by atoms with Gasteiger partial charge in [0.25, 0.3) is 5.91 Å². The lowest BCUT2D eigenvalue weighted by Gasteiger charge is -2.27. The van der Waals surface area contributed by atoms with Crippen molar-refractivity contribution in [3.05, 3.63) is 17.5 Å². The van der Waals surface area contributed by atoms with Gasteiger partial charge in [0.2, 0.25) is 0 Å². The molecule has 0 spiro atoms. The number of hydrogen-bond donors (Lipinski definition) is 1. The highest BCUT2D eigenvalue weighted by Gasteiger charge is 2.35. The topological polar surface area (TPSA) is 64.2 Å². The Hall–Kier alpha value is -1.36. The Morgan fingerprint density at radius 3 is 2.74 bits per heavy atom. The Morgan fingerprint density at radius 2 is 2.26 bits per heavy atom. The molecule has 0 aliphatic heterocycles. The third-order valence-electron chi connectivity index (χ3n) is 3.94. The fourth-order valence-corrected chi connectivity index (χ4v) is 2.54. The smallest absolute Gasteiger partial charge is 0.272 e. The molecular weight excluding hydrogens is 240 g/mol. The normalized spacial score (nSPS) is 16.4. The van der Waals surface area contributed by atoms with E-state index < -0.39 is 0 Å². The van der Waals surface area contributed by atoms with Crippen molar-refractivity contribution in [1.82, 2.24) is 14.7 Å². The minimum absolute atomic E-state index is 0.0383. The number of likely N-dealkylation sites (N-methyl/N-ethyl adjacent to an activating group) is 1. The first kappa shape index (κ1) is 14.1. The maximum absolute atomic E-state index is 12.6. The van der Waals surface area contributed by atoms with E-state index in [1.165, 1.54) is 12.8 Å². The van der Waals surface area contributed by atoms with Crippen LogP contribution in [0.25, 0.3) is 0 Å². The molecule has 0 radical (unpaired) electrons. The van der Waals surface area contributed by atoms with Gasteiger partial charge in [-0.25, -0.2) is 0 Å². The van der Waals surface area contributed by atoms with Crippen molar-refractivity contribution in [2.75, 3.05) is 13.6 Å². The monoisotopic (exact) mass is 264 g/mol. The first-order valence-corrected chi connectivity index (χ1v) is 7.16. The highest BCUT2D eigenvalue weighted by Crippen LogP contribution is 2.34. The van der Waals surface area contributed by atoms with E-state index in [4.69, 9.17) is 5.73 Å². The summed E-state index contributed by atoms with van der Waals surface area (Å²) < 4.78 is 1.79. The third kappa shape index (κ3) is 2.81. The lowest BCUT2D eigenvalue weighted by Crippen LogP contribution is -2.43. The molecule has 1 aromatic rings. The van der Waals surface area contributed by atoms with Crippen molar-refractivity contribution in [1.29, 1.82) is 0 Å². The zero-order valence-electron chi connectivity index (χ0n) is 12.1. The summed E-state index contributed by atoms with van der Waals surface area (Å²) in [6, 6.07) is 2.07. The summed E-state index contributed by atoms with van der Waals surface area (Å²) >= 11 is 0. The van der Waals surface area contributed by atoms with Gasteiger partial charge in [-0.1, -0.05) is 6.92 Å². The quantitative estimate of drug-likeness (QED) is 0.841. The number of nitrogens with two attached hydrogens (primary N) is 1. The first-order chi connectivity index (χ1) is 9.12. The number of aromatic nitrogens is 2. The highest BCUT2D eigenvalue weighted by atomic mass is 16.2. The van der Waals surface area contributed by atoms with Crippen LogP contribution in [-0.4, -0.2) is 40.2 Å². The van der Waals surface area contributed by atoms with Gasteiger partial charge in [-0.05, 0) is 38.2 Å². The minimum Gasteiger partial charge on any atom is -0.336 e. The number of aryl methyl sites for hydroxylation is 2.